The van der Waals surface area contributed by atoms with E-state index in [1.54, 1.807) is 6.20 Å². The Balaban J connectivity index is 1.87. The average molecular weight is 223 g/mol. The minimum Gasteiger partial charge on any atom is -0.361 e. The second-order valence-corrected chi connectivity index (χ2v) is 4.56. The predicted octanol–water partition coefficient (Wildman–Crippen LogP) is 1.41. The maximum absolute atomic E-state index is 5.64. The Kier molecular flexibility index (Phi) is 3.96. The van der Waals surface area contributed by atoms with Crippen LogP contribution in [0, 0.1) is 5.92 Å². The lowest BCUT2D eigenvalue weighted by atomic mass is 9.91. The van der Waals surface area contributed by atoms with Crippen LogP contribution in [0.2, 0.25) is 0 Å². The van der Waals surface area contributed by atoms with E-state index >= 15 is 0 Å². The summed E-state index contributed by atoms with van der Waals surface area (Å²) in [6, 6.07) is 0. The van der Waals surface area contributed by atoms with Crippen LogP contribution in [0.4, 0.5) is 0 Å². The van der Waals surface area contributed by atoms with Gasteiger partial charge in [-0.2, -0.15) is 0 Å². The van der Waals surface area contributed by atoms with E-state index in [-0.39, 0.29) is 0 Å². The molecule has 16 heavy (non-hydrogen) atoms. The standard InChI is InChI=1S/C12H21N3O/c1-2-15-5-3-10(4-6-15)7-12-11(8-13)9-14-16-12/h9-10H,2-8,13H2,1H3. The monoisotopic (exact) mass is 223 g/mol. The third kappa shape index (κ3) is 2.62. The Morgan fingerprint density at radius 1 is 1.50 bits per heavy atom. The van der Waals surface area contributed by atoms with Crippen LogP contribution in [0.15, 0.2) is 10.7 Å². The lowest BCUT2D eigenvalue weighted by molar-refractivity contribution is 0.185. The second-order valence-electron chi connectivity index (χ2n) is 4.56. The lowest BCUT2D eigenvalue weighted by Crippen LogP contribution is -2.34. The Labute approximate surface area is 96.8 Å². The highest BCUT2D eigenvalue weighted by Gasteiger charge is 2.20. The summed E-state index contributed by atoms with van der Waals surface area (Å²) < 4.78 is 5.27. The first-order chi connectivity index (χ1) is 7.83. The van der Waals surface area contributed by atoms with Crippen LogP contribution in [0.3, 0.4) is 0 Å². The van der Waals surface area contributed by atoms with Gasteiger partial charge in [-0.15, -0.1) is 0 Å². The number of hydrogen-bond donors (Lipinski definition) is 1. The molecule has 1 aliphatic rings. The number of nitrogens with zero attached hydrogens (tertiary/aromatic N) is 2. The Morgan fingerprint density at radius 3 is 2.88 bits per heavy atom. The second kappa shape index (κ2) is 5.46. The molecule has 1 fully saturated rings. The zero-order valence-electron chi connectivity index (χ0n) is 9.98. The van der Waals surface area contributed by atoms with Crippen molar-refractivity contribution < 1.29 is 4.52 Å². The molecule has 4 nitrogen and oxygen atoms in total. The van der Waals surface area contributed by atoms with E-state index in [4.69, 9.17) is 10.3 Å². The van der Waals surface area contributed by atoms with E-state index in [0.29, 0.717) is 6.54 Å². The van der Waals surface area contributed by atoms with Crippen LogP contribution in [0.25, 0.3) is 0 Å². The number of aromatic nitrogens is 1. The van der Waals surface area contributed by atoms with Gasteiger partial charge in [0.2, 0.25) is 0 Å². The van der Waals surface area contributed by atoms with Crippen LogP contribution in [-0.4, -0.2) is 29.7 Å². The first-order valence-electron chi connectivity index (χ1n) is 6.18. The van der Waals surface area contributed by atoms with Crippen LogP contribution < -0.4 is 5.73 Å². The van der Waals surface area contributed by atoms with Crippen molar-refractivity contribution >= 4 is 0 Å². The number of hydrogen-bond acceptors (Lipinski definition) is 4. The summed E-state index contributed by atoms with van der Waals surface area (Å²) in [6.07, 6.45) is 5.28. The van der Waals surface area contributed by atoms with Crippen molar-refractivity contribution in [3.8, 4) is 0 Å². The van der Waals surface area contributed by atoms with E-state index in [1.165, 1.54) is 32.5 Å². The molecular weight excluding hydrogens is 202 g/mol. The molecule has 90 valence electrons. The van der Waals surface area contributed by atoms with Gasteiger partial charge in [0.05, 0.1) is 6.20 Å². The first-order valence-corrected chi connectivity index (χ1v) is 6.18. The summed E-state index contributed by atoms with van der Waals surface area (Å²) in [5.74, 6) is 1.73. The third-order valence-electron chi connectivity index (χ3n) is 3.58. The number of piperidine rings is 1. The molecule has 0 amide bonds. The van der Waals surface area contributed by atoms with Gasteiger partial charge in [0, 0.05) is 18.5 Å². The minimum absolute atomic E-state index is 0.534. The Morgan fingerprint density at radius 2 is 2.25 bits per heavy atom. The molecular formula is C12H21N3O. The summed E-state index contributed by atoms with van der Waals surface area (Å²) in [6.45, 7) is 6.36. The van der Waals surface area contributed by atoms with E-state index in [1.807, 2.05) is 0 Å². The molecule has 2 rings (SSSR count). The summed E-state index contributed by atoms with van der Waals surface area (Å²) >= 11 is 0. The van der Waals surface area contributed by atoms with Gasteiger partial charge >= 0.3 is 0 Å². The zero-order valence-corrected chi connectivity index (χ0v) is 9.98. The van der Waals surface area contributed by atoms with E-state index in [0.717, 1.165) is 23.7 Å². The predicted molar refractivity (Wildman–Crippen MR) is 62.9 cm³/mol. The van der Waals surface area contributed by atoms with Gasteiger partial charge in [0.15, 0.2) is 0 Å². The third-order valence-corrected chi connectivity index (χ3v) is 3.58. The van der Waals surface area contributed by atoms with Gasteiger partial charge in [-0.05, 0) is 38.4 Å². The van der Waals surface area contributed by atoms with Gasteiger partial charge < -0.3 is 15.2 Å². The van der Waals surface area contributed by atoms with Crippen LogP contribution in [-0.2, 0) is 13.0 Å². The maximum atomic E-state index is 5.64. The van der Waals surface area contributed by atoms with Gasteiger partial charge in [0.25, 0.3) is 0 Å². The molecule has 0 saturated carbocycles. The van der Waals surface area contributed by atoms with Crippen molar-refractivity contribution in [2.24, 2.45) is 11.7 Å². The van der Waals surface area contributed by atoms with Gasteiger partial charge in [-0.3, -0.25) is 0 Å². The summed E-state index contributed by atoms with van der Waals surface area (Å²) in [7, 11) is 0. The van der Waals surface area contributed by atoms with Crippen molar-refractivity contribution in [2.75, 3.05) is 19.6 Å². The SMILES string of the molecule is CCN1CCC(Cc2oncc2CN)CC1. The molecule has 4 heteroatoms. The first kappa shape index (κ1) is 11.6. The molecule has 1 saturated heterocycles. The van der Waals surface area contributed by atoms with Gasteiger partial charge in [0.1, 0.15) is 5.76 Å². The van der Waals surface area contributed by atoms with Crippen molar-refractivity contribution in [3.63, 3.8) is 0 Å². The molecule has 2 heterocycles. The maximum Gasteiger partial charge on any atom is 0.141 e. The number of nitrogens with two attached hydrogens (primary N) is 1. The van der Waals surface area contributed by atoms with Gasteiger partial charge in [-0.25, -0.2) is 0 Å². The minimum atomic E-state index is 0.534. The molecule has 2 N–H and O–H groups in total. The highest BCUT2D eigenvalue weighted by Crippen LogP contribution is 2.22. The van der Waals surface area contributed by atoms with Crippen LogP contribution >= 0.6 is 0 Å². The fourth-order valence-corrected chi connectivity index (χ4v) is 2.39. The summed E-state index contributed by atoms with van der Waals surface area (Å²) in [5, 5.41) is 3.82. The van der Waals surface area contributed by atoms with Crippen molar-refractivity contribution in [2.45, 2.75) is 32.7 Å². The molecule has 1 aliphatic heterocycles. The van der Waals surface area contributed by atoms with Crippen molar-refractivity contribution in [1.82, 2.24) is 10.1 Å². The molecule has 1 aromatic heterocycles. The average Bonchev–Trinajstić information content (AvgIpc) is 2.77. The molecule has 1 aromatic rings. The van der Waals surface area contributed by atoms with Crippen molar-refractivity contribution in [1.29, 1.82) is 0 Å². The van der Waals surface area contributed by atoms with E-state index < -0.39 is 0 Å². The molecule has 0 atom stereocenters. The molecule has 0 aliphatic carbocycles. The van der Waals surface area contributed by atoms with Gasteiger partial charge in [-0.1, -0.05) is 12.1 Å². The lowest BCUT2D eigenvalue weighted by Gasteiger charge is -2.30. The largest absolute Gasteiger partial charge is 0.361 e. The molecule has 0 radical (unpaired) electrons. The highest BCUT2D eigenvalue weighted by molar-refractivity contribution is 5.13. The fourth-order valence-electron chi connectivity index (χ4n) is 2.39. The molecule has 0 bridgehead atoms. The van der Waals surface area contributed by atoms with Crippen LogP contribution in [0.5, 0.6) is 0 Å². The topological polar surface area (TPSA) is 55.3 Å². The van der Waals surface area contributed by atoms with E-state index in [9.17, 15) is 0 Å². The highest BCUT2D eigenvalue weighted by atomic mass is 16.5. The Bertz CT molecular complexity index is 316. The van der Waals surface area contributed by atoms with Crippen LogP contribution in [0.1, 0.15) is 31.1 Å². The fraction of sp³-hybridized carbons (Fsp3) is 0.750. The number of rotatable bonds is 4. The quantitative estimate of drug-likeness (QED) is 0.838. The molecule has 0 aromatic carbocycles. The molecule has 0 unspecified atom stereocenters. The summed E-state index contributed by atoms with van der Waals surface area (Å²) in [5.41, 5.74) is 6.70. The summed E-state index contributed by atoms with van der Waals surface area (Å²) in [4.78, 5) is 2.50. The Hall–Kier alpha value is -0.870. The van der Waals surface area contributed by atoms with E-state index in [2.05, 4.69) is 17.0 Å². The smallest absolute Gasteiger partial charge is 0.141 e. The zero-order chi connectivity index (χ0) is 11.4. The molecule has 0 spiro atoms. The number of likely N-dealkylation sites (tertiary alicyclic amines) is 1. The normalized spacial score (nSPS) is 19.1. The van der Waals surface area contributed by atoms with Crippen molar-refractivity contribution in [3.05, 3.63) is 17.5 Å².